The zero-order valence-electron chi connectivity index (χ0n) is 13.3. The zero-order chi connectivity index (χ0) is 16.3. The molecule has 0 amide bonds. The molecule has 118 valence electrons. The van der Waals surface area contributed by atoms with Gasteiger partial charge in [0.05, 0.1) is 5.92 Å². The van der Waals surface area contributed by atoms with E-state index in [-0.39, 0.29) is 18.3 Å². The standard InChI is InChI=1S/C17H21NO4/c1-11(12(2)16(20)22-17(3,4)21-10-19)14-9-18-15-8-6-5-7-13(14)15/h5-12,18H,1-4H3. The topological polar surface area (TPSA) is 68.4 Å². The van der Waals surface area contributed by atoms with Crippen molar-refractivity contribution in [2.75, 3.05) is 0 Å². The van der Waals surface area contributed by atoms with E-state index in [1.807, 2.05) is 44.3 Å². The van der Waals surface area contributed by atoms with Gasteiger partial charge in [0.25, 0.3) is 12.3 Å². The van der Waals surface area contributed by atoms with Crippen molar-refractivity contribution in [3.05, 3.63) is 36.0 Å². The van der Waals surface area contributed by atoms with Crippen LogP contribution >= 0.6 is 0 Å². The Morgan fingerprint density at radius 3 is 2.64 bits per heavy atom. The van der Waals surface area contributed by atoms with Crippen LogP contribution in [0.4, 0.5) is 0 Å². The maximum absolute atomic E-state index is 12.3. The second-order valence-electron chi connectivity index (χ2n) is 5.90. The van der Waals surface area contributed by atoms with E-state index >= 15 is 0 Å². The van der Waals surface area contributed by atoms with E-state index in [1.54, 1.807) is 0 Å². The molecule has 5 nitrogen and oxygen atoms in total. The monoisotopic (exact) mass is 303 g/mol. The summed E-state index contributed by atoms with van der Waals surface area (Å²) in [6.07, 6.45) is 1.92. The van der Waals surface area contributed by atoms with Crippen molar-refractivity contribution >= 4 is 23.3 Å². The van der Waals surface area contributed by atoms with Gasteiger partial charge in [-0.25, -0.2) is 0 Å². The van der Waals surface area contributed by atoms with Gasteiger partial charge in [0.15, 0.2) is 0 Å². The molecule has 5 heteroatoms. The second kappa shape index (κ2) is 6.22. The number of hydrogen-bond acceptors (Lipinski definition) is 4. The Kier molecular flexibility index (Phi) is 4.54. The molecule has 0 bridgehead atoms. The third-order valence-electron chi connectivity index (χ3n) is 3.91. The predicted octanol–water partition coefficient (Wildman–Crippen LogP) is 3.36. The molecule has 1 heterocycles. The summed E-state index contributed by atoms with van der Waals surface area (Å²) in [7, 11) is 0. The average Bonchev–Trinajstić information content (AvgIpc) is 2.89. The van der Waals surface area contributed by atoms with Gasteiger partial charge in [-0.2, -0.15) is 0 Å². The zero-order valence-corrected chi connectivity index (χ0v) is 13.3. The third-order valence-corrected chi connectivity index (χ3v) is 3.91. The smallest absolute Gasteiger partial charge is 0.312 e. The van der Waals surface area contributed by atoms with Crippen molar-refractivity contribution < 1.29 is 19.1 Å². The summed E-state index contributed by atoms with van der Waals surface area (Å²) in [4.78, 5) is 25.9. The number of H-pyrrole nitrogens is 1. The van der Waals surface area contributed by atoms with E-state index in [9.17, 15) is 9.59 Å². The van der Waals surface area contributed by atoms with Gasteiger partial charge >= 0.3 is 5.97 Å². The molecule has 0 saturated carbocycles. The molecule has 22 heavy (non-hydrogen) atoms. The predicted molar refractivity (Wildman–Crippen MR) is 83.2 cm³/mol. The Bertz CT molecular complexity index is 674. The van der Waals surface area contributed by atoms with E-state index < -0.39 is 11.8 Å². The molecule has 0 aliphatic carbocycles. The second-order valence-corrected chi connectivity index (χ2v) is 5.90. The van der Waals surface area contributed by atoms with Crippen molar-refractivity contribution in [3.63, 3.8) is 0 Å². The highest BCUT2D eigenvalue weighted by atomic mass is 16.7. The number of nitrogens with one attached hydrogen (secondary N) is 1. The Labute approximate surface area is 129 Å². The van der Waals surface area contributed by atoms with Crippen LogP contribution in [0.2, 0.25) is 0 Å². The average molecular weight is 303 g/mol. The number of fused-ring (bicyclic) bond motifs is 1. The molecule has 2 rings (SSSR count). The van der Waals surface area contributed by atoms with Gasteiger partial charge in [-0.05, 0) is 17.5 Å². The van der Waals surface area contributed by atoms with Crippen molar-refractivity contribution in [2.45, 2.75) is 39.4 Å². The summed E-state index contributed by atoms with van der Waals surface area (Å²) in [5.41, 5.74) is 2.10. The quantitative estimate of drug-likeness (QED) is 0.505. The van der Waals surface area contributed by atoms with Crippen LogP contribution in [0.1, 0.15) is 39.2 Å². The van der Waals surface area contributed by atoms with Gasteiger partial charge in [0.2, 0.25) is 0 Å². The minimum absolute atomic E-state index is 0.0318. The van der Waals surface area contributed by atoms with Crippen LogP contribution in [0.3, 0.4) is 0 Å². The lowest BCUT2D eigenvalue weighted by Gasteiger charge is -2.26. The molecule has 0 fully saturated rings. The molecule has 1 aromatic carbocycles. The first kappa shape index (κ1) is 16.1. The van der Waals surface area contributed by atoms with Crippen molar-refractivity contribution in [3.8, 4) is 0 Å². The molecule has 0 spiro atoms. The minimum Gasteiger partial charge on any atom is -0.425 e. The van der Waals surface area contributed by atoms with Crippen LogP contribution in [0.15, 0.2) is 30.5 Å². The van der Waals surface area contributed by atoms with Crippen LogP contribution in [-0.4, -0.2) is 23.2 Å². The summed E-state index contributed by atoms with van der Waals surface area (Å²) >= 11 is 0. The molecule has 0 aliphatic heterocycles. The number of rotatable bonds is 6. The molecule has 2 aromatic rings. The summed E-state index contributed by atoms with van der Waals surface area (Å²) in [6.45, 7) is 7.13. The summed E-state index contributed by atoms with van der Waals surface area (Å²) < 4.78 is 10.0. The third kappa shape index (κ3) is 3.30. The van der Waals surface area contributed by atoms with Crippen LogP contribution < -0.4 is 0 Å². The maximum atomic E-state index is 12.3. The number of ether oxygens (including phenoxy) is 2. The molecule has 0 aliphatic rings. The van der Waals surface area contributed by atoms with E-state index in [2.05, 4.69) is 4.98 Å². The van der Waals surface area contributed by atoms with Gasteiger partial charge in [-0.3, -0.25) is 9.59 Å². The highest BCUT2D eigenvalue weighted by molar-refractivity contribution is 5.84. The number of carbonyl (C=O) groups is 2. The number of hydrogen-bond donors (Lipinski definition) is 1. The lowest BCUT2D eigenvalue weighted by Crippen LogP contribution is -2.34. The lowest BCUT2D eigenvalue weighted by atomic mass is 9.88. The van der Waals surface area contributed by atoms with Crippen LogP contribution in [-0.2, 0) is 19.1 Å². The number of aromatic nitrogens is 1. The van der Waals surface area contributed by atoms with Crippen LogP contribution in [0, 0.1) is 5.92 Å². The molecule has 0 radical (unpaired) electrons. The fourth-order valence-electron chi connectivity index (χ4n) is 2.42. The van der Waals surface area contributed by atoms with E-state index in [1.165, 1.54) is 13.8 Å². The Morgan fingerprint density at radius 2 is 1.95 bits per heavy atom. The van der Waals surface area contributed by atoms with Crippen LogP contribution in [0.25, 0.3) is 10.9 Å². The highest BCUT2D eigenvalue weighted by Gasteiger charge is 2.31. The molecule has 0 saturated heterocycles. The fourth-order valence-corrected chi connectivity index (χ4v) is 2.42. The van der Waals surface area contributed by atoms with Crippen LogP contribution in [0.5, 0.6) is 0 Å². The highest BCUT2D eigenvalue weighted by Crippen LogP contribution is 2.31. The van der Waals surface area contributed by atoms with Gasteiger partial charge in [0.1, 0.15) is 0 Å². The molecular weight excluding hydrogens is 282 g/mol. The van der Waals surface area contributed by atoms with Crippen molar-refractivity contribution in [1.29, 1.82) is 0 Å². The molecule has 2 unspecified atom stereocenters. The number of esters is 1. The number of carbonyl (C=O) groups excluding carboxylic acids is 2. The minimum atomic E-state index is -1.26. The van der Waals surface area contributed by atoms with Gasteiger partial charge < -0.3 is 14.5 Å². The number of para-hydroxylation sites is 1. The maximum Gasteiger partial charge on any atom is 0.312 e. The summed E-state index contributed by atoms with van der Waals surface area (Å²) in [5.74, 6) is -2.05. The van der Waals surface area contributed by atoms with Crippen molar-refractivity contribution in [2.24, 2.45) is 5.92 Å². The molecule has 1 N–H and O–H groups in total. The lowest BCUT2D eigenvalue weighted by molar-refractivity contribution is -0.211. The summed E-state index contributed by atoms with van der Waals surface area (Å²) in [5, 5.41) is 1.10. The van der Waals surface area contributed by atoms with E-state index in [4.69, 9.17) is 9.47 Å². The Balaban J connectivity index is 2.16. The van der Waals surface area contributed by atoms with Gasteiger partial charge in [-0.15, -0.1) is 0 Å². The fraction of sp³-hybridized carbons (Fsp3) is 0.412. The first-order valence-electron chi connectivity index (χ1n) is 7.26. The first-order valence-corrected chi connectivity index (χ1v) is 7.26. The number of aromatic amines is 1. The Morgan fingerprint density at radius 1 is 1.27 bits per heavy atom. The Hall–Kier alpha value is -2.30. The van der Waals surface area contributed by atoms with Gasteiger partial charge in [-0.1, -0.05) is 32.0 Å². The normalized spacial score (nSPS) is 14.4. The summed E-state index contributed by atoms with van der Waals surface area (Å²) in [6, 6.07) is 7.95. The molecule has 2 atom stereocenters. The van der Waals surface area contributed by atoms with E-state index in [0.717, 1.165) is 16.5 Å². The number of benzene rings is 1. The molecular formula is C17H21NO4. The van der Waals surface area contributed by atoms with Crippen molar-refractivity contribution in [1.82, 2.24) is 4.98 Å². The largest absolute Gasteiger partial charge is 0.425 e. The van der Waals surface area contributed by atoms with E-state index in [0.29, 0.717) is 0 Å². The molecule has 1 aromatic heterocycles. The van der Waals surface area contributed by atoms with Gasteiger partial charge in [0, 0.05) is 30.9 Å². The first-order chi connectivity index (χ1) is 10.4. The SMILES string of the molecule is CC(C(=O)OC(C)(C)OC=O)C(C)c1c[nH]c2ccccc12.